The number of halogens is 5. The summed E-state index contributed by atoms with van der Waals surface area (Å²) in [5.41, 5.74) is 7.30. The number of fused-ring (bicyclic) bond motifs is 6. The van der Waals surface area contributed by atoms with E-state index in [1.54, 1.807) is 19.0 Å². The van der Waals surface area contributed by atoms with Crippen LogP contribution in [0.25, 0.3) is 0 Å². The molecule has 56 heavy (non-hydrogen) atoms. The zero-order chi connectivity index (χ0) is 36.5. The molecule has 2 fully saturated rings. The van der Waals surface area contributed by atoms with E-state index < -0.39 is 41.9 Å². The molecule has 15 heteroatoms. The summed E-state index contributed by atoms with van der Waals surface area (Å²) in [5.74, 6) is 0.781. The fraction of sp³-hybridized carbons (Fsp3) is 0.585. The van der Waals surface area contributed by atoms with Crippen LogP contribution in [0, 0.1) is 18.3 Å². The smallest absolute Gasteiger partial charge is 0.345 e. The van der Waals surface area contributed by atoms with E-state index in [9.17, 15) is 27.2 Å². The number of likely N-dealkylation sites (N-methyl/N-ethyl adjacent to an activating group) is 2. The molecule has 4 spiro atoms. The molecule has 2 heterocycles. The molecule has 2 atom stereocenters. The summed E-state index contributed by atoms with van der Waals surface area (Å²) in [7, 11) is 3.39. The van der Waals surface area contributed by atoms with Crippen molar-refractivity contribution >= 4 is 39.5 Å². The third-order valence-corrected chi connectivity index (χ3v) is 13.0. The van der Waals surface area contributed by atoms with Crippen molar-refractivity contribution in [2.45, 2.75) is 130 Å². The average Bonchev–Trinajstić information content (AvgIpc) is 3.69. The second-order valence-electron chi connectivity index (χ2n) is 14.8. The minimum Gasteiger partial charge on any atom is -0.369 e. The summed E-state index contributed by atoms with van der Waals surface area (Å²) in [6, 6.07) is 13.9. The first-order valence-electron chi connectivity index (χ1n) is 17.4. The van der Waals surface area contributed by atoms with Gasteiger partial charge in [0.05, 0.1) is 12.2 Å². The van der Waals surface area contributed by atoms with Gasteiger partial charge in [-0.3, -0.25) is 19.5 Å². The molecular weight excluding hydrogens is 889 g/mol. The van der Waals surface area contributed by atoms with Crippen LogP contribution < -0.4 is 5.73 Å². The van der Waals surface area contributed by atoms with Gasteiger partial charge in [-0.2, -0.15) is 17.6 Å². The van der Waals surface area contributed by atoms with Crippen LogP contribution in [-0.4, -0.2) is 72.9 Å². The van der Waals surface area contributed by atoms with E-state index in [0.29, 0.717) is 63.6 Å². The molecule has 2 saturated carbocycles. The third kappa shape index (κ3) is 7.53. The summed E-state index contributed by atoms with van der Waals surface area (Å²) in [6.45, 7) is -3.66. The van der Waals surface area contributed by atoms with Crippen molar-refractivity contribution in [3.05, 3.63) is 76.6 Å². The Balaban J connectivity index is 0.000000355. The monoisotopic (exact) mass is 944 g/mol. The average molecular weight is 946 g/mol. The quantitative estimate of drug-likeness (QED) is 0.187. The number of hydrogen-bond donors (Lipinski definition) is 1. The van der Waals surface area contributed by atoms with Gasteiger partial charge >= 0.3 is 13.2 Å². The second kappa shape index (κ2) is 18.1. The normalized spacial score (nSPS) is 30.8. The molecule has 8 rings (SSSR count). The third-order valence-electron chi connectivity index (χ3n) is 12.5. The Morgan fingerprint density at radius 3 is 1.62 bits per heavy atom. The molecule has 0 aromatic heterocycles. The van der Waals surface area contributed by atoms with Gasteiger partial charge in [0.15, 0.2) is 17.0 Å². The zero-order valence-electron chi connectivity index (χ0n) is 30.1. The molecule has 2 amide bonds. The predicted octanol–water partition coefficient (Wildman–Crippen LogP) is 9.01. The molecule has 316 valence electrons. The first-order chi connectivity index (χ1) is 24.2. The standard InChI is InChI=1S/C19H21BrF2N2O2.C18H21F2N3O2.3CH4.CH3.Pd/c1-11-23-19(16(25)24(11)2)15-9-13(20)4-3-12(15)10-18(19)7-5-14(6-8-18)26-17(21)22;1-23-14(24)18(22-16(23)21)13-5-3-2-4-11(13)10-17(18)8-6-12(7-9-17)25-15(19)20;;;;;/h3-4,9,14,17H,5-8,10H2,1-2H3;2-5,12,15H,6-10H2,1H3,(H2,21,22);3*1H4;1H3;/q;;;;;-1;. The summed E-state index contributed by atoms with van der Waals surface area (Å²) < 4.78 is 60.6. The van der Waals surface area contributed by atoms with Crippen LogP contribution in [0.4, 0.5) is 17.6 Å². The number of amides is 2. The van der Waals surface area contributed by atoms with Crippen LogP contribution in [0.1, 0.15) is 103 Å². The summed E-state index contributed by atoms with van der Waals surface area (Å²) >= 11 is 3.52. The largest absolute Gasteiger partial charge is 0.369 e. The Labute approximate surface area is 352 Å². The topological polar surface area (TPSA) is 110 Å². The summed E-state index contributed by atoms with van der Waals surface area (Å²) in [6.07, 6.45) is 5.06. The van der Waals surface area contributed by atoms with Crippen LogP contribution in [0.2, 0.25) is 0 Å². The number of rotatable bonds is 4. The number of aliphatic imine (C=N–C) groups is 2. The Morgan fingerprint density at radius 2 is 1.20 bits per heavy atom. The molecule has 4 aliphatic carbocycles. The van der Waals surface area contributed by atoms with Crippen molar-refractivity contribution in [2.75, 3.05) is 14.1 Å². The van der Waals surface area contributed by atoms with Crippen molar-refractivity contribution in [3.63, 3.8) is 0 Å². The van der Waals surface area contributed by atoms with Gasteiger partial charge in [-0.05, 0) is 106 Å². The van der Waals surface area contributed by atoms with Crippen molar-refractivity contribution in [3.8, 4) is 0 Å². The van der Waals surface area contributed by atoms with Crippen LogP contribution in [0.5, 0.6) is 0 Å². The Bertz CT molecular complexity index is 1800. The van der Waals surface area contributed by atoms with Gasteiger partial charge in [0.25, 0.3) is 11.8 Å². The number of nitrogens with zero attached hydrogens (tertiary/aromatic N) is 4. The number of carbonyl (C=O) groups is 2. The maximum Gasteiger partial charge on any atom is 0.345 e. The number of carbonyl (C=O) groups excluding carboxylic acids is 2. The van der Waals surface area contributed by atoms with Crippen LogP contribution >= 0.6 is 15.9 Å². The van der Waals surface area contributed by atoms with Crippen molar-refractivity contribution in [1.29, 1.82) is 0 Å². The van der Waals surface area contributed by atoms with Crippen LogP contribution in [0.3, 0.4) is 0 Å². The molecule has 2 N–H and O–H groups in total. The molecule has 0 saturated heterocycles. The molecule has 0 bridgehead atoms. The Hall–Kier alpha value is -2.70. The van der Waals surface area contributed by atoms with E-state index in [1.807, 2.05) is 49.4 Å². The van der Waals surface area contributed by atoms with Gasteiger partial charge < -0.3 is 27.5 Å². The first-order valence-corrected chi connectivity index (χ1v) is 18.2. The molecule has 2 aromatic carbocycles. The molecule has 9 nitrogen and oxygen atoms in total. The number of nitrogens with two attached hydrogens (primary N) is 1. The van der Waals surface area contributed by atoms with E-state index in [0.717, 1.165) is 33.1 Å². The van der Waals surface area contributed by atoms with Gasteiger partial charge in [0.1, 0.15) is 5.84 Å². The second-order valence-corrected chi connectivity index (χ2v) is 15.8. The van der Waals surface area contributed by atoms with Gasteiger partial charge in [0, 0.05) is 49.8 Å². The van der Waals surface area contributed by atoms with Crippen molar-refractivity contribution in [1.82, 2.24) is 9.80 Å². The maximum atomic E-state index is 13.4. The maximum absolute atomic E-state index is 13.4. The first kappa shape index (κ1) is 49.4. The fourth-order valence-corrected chi connectivity index (χ4v) is 10.4. The fourth-order valence-electron chi connectivity index (χ4n) is 9.99. The molecular formula is C41H57BrF4N5O4Pd-. The van der Waals surface area contributed by atoms with Gasteiger partial charge in [-0.1, -0.05) is 68.5 Å². The molecule has 2 unspecified atom stereocenters. The number of guanidine groups is 1. The number of hydrogen-bond acceptors (Lipinski definition) is 7. The minimum atomic E-state index is -2.76. The van der Waals surface area contributed by atoms with Crippen LogP contribution in [0.15, 0.2) is 56.9 Å². The van der Waals surface area contributed by atoms with E-state index in [1.165, 1.54) is 4.90 Å². The summed E-state index contributed by atoms with van der Waals surface area (Å²) in [4.78, 5) is 39.2. The van der Waals surface area contributed by atoms with E-state index in [4.69, 9.17) is 20.2 Å². The summed E-state index contributed by atoms with van der Waals surface area (Å²) in [5, 5.41) is 0. The predicted molar refractivity (Wildman–Crippen MR) is 212 cm³/mol. The van der Waals surface area contributed by atoms with E-state index in [2.05, 4.69) is 20.9 Å². The zero-order valence-corrected chi connectivity index (χ0v) is 33.3. The van der Waals surface area contributed by atoms with Gasteiger partial charge in [-0.15, -0.1) is 0 Å². The SMILES string of the molecule is C.C.C.CC1=NC2(C(=O)N1C)c1cc(Br)ccc1CC21CCC(OC(F)F)CC1.CN1C(=O)C2(N=C1N)c1ccccc1CC21CCC(OC(F)F)CC1.[CH3-].[Pd]. The van der Waals surface area contributed by atoms with Crippen molar-refractivity contribution in [2.24, 2.45) is 26.5 Å². The molecule has 2 aliphatic heterocycles. The Morgan fingerprint density at radius 1 is 0.750 bits per heavy atom. The number of benzene rings is 2. The number of amidine groups is 1. The van der Waals surface area contributed by atoms with Gasteiger partial charge in [-0.25, -0.2) is 4.99 Å². The van der Waals surface area contributed by atoms with Crippen LogP contribution in [-0.2, 0) is 63.4 Å². The van der Waals surface area contributed by atoms with E-state index in [-0.39, 0.29) is 73.3 Å². The number of ether oxygens (including phenoxy) is 2. The van der Waals surface area contributed by atoms with Gasteiger partial charge in [0.2, 0.25) is 0 Å². The van der Waals surface area contributed by atoms with Crippen molar-refractivity contribution < 1.29 is 57.0 Å². The Kier molecular flexibility index (Phi) is 15.9. The van der Waals surface area contributed by atoms with E-state index >= 15 is 0 Å². The number of alkyl halides is 4. The molecule has 2 aromatic rings. The molecule has 6 aliphatic rings. The minimum absolute atomic E-state index is 0. The molecule has 0 radical (unpaired) electrons.